The first kappa shape index (κ1) is 23.0. The van der Waals surface area contributed by atoms with E-state index in [4.69, 9.17) is 21.1 Å². The van der Waals surface area contributed by atoms with Crippen LogP contribution in [-0.4, -0.2) is 34.9 Å². The lowest BCUT2D eigenvalue weighted by molar-refractivity contribution is -0.118. The largest absolute Gasteiger partial charge is 0.481 e. The van der Waals surface area contributed by atoms with E-state index in [-0.39, 0.29) is 18.1 Å². The minimum Gasteiger partial charge on any atom is -0.481 e. The van der Waals surface area contributed by atoms with Crippen LogP contribution in [0, 0.1) is 13.8 Å². The molecule has 0 saturated carbocycles. The van der Waals surface area contributed by atoms with Gasteiger partial charge in [-0.2, -0.15) is 9.78 Å². The molecule has 1 N–H and O–H groups in total. The molecule has 0 aliphatic rings. The molecule has 0 aliphatic carbocycles. The maximum absolute atomic E-state index is 12.6. The van der Waals surface area contributed by atoms with Crippen molar-refractivity contribution in [3.8, 4) is 11.4 Å². The first-order valence-electron chi connectivity index (χ1n) is 9.86. The number of benzene rings is 2. The van der Waals surface area contributed by atoms with E-state index in [1.807, 2.05) is 26.0 Å². The van der Waals surface area contributed by atoms with Crippen molar-refractivity contribution in [2.24, 2.45) is 0 Å². The van der Waals surface area contributed by atoms with Gasteiger partial charge in [-0.05, 0) is 50.6 Å². The van der Waals surface area contributed by atoms with Crippen LogP contribution in [0.4, 0.5) is 5.69 Å². The third-order valence-electron chi connectivity index (χ3n) is 4.46. The van der Waals surface area contributed by atoms with Gasteiger partial charge in [0.05, 0.1) is 18.4 Å². The molecule has 32 heavy (non-hydrogen) atoms. The maximum atomic E-state index is 12.6. The second-order valence-electron chi connectivity index (χ2n) is 6.96. The van der Waals surface area contributed by atoms with Crippen molar-refractivity contribution in [1.29, 1.82) is 0 Å². The van der Waals surface area contributed by atoms with Gasteiger partial charge >= 0.3 is 5.97 Å². The van der Waals surface area contributed by atoms with Crippen LogP contribution >= 0.6 is 11.6 Å². The molecule has 166 valence electrons. The molecule has 0 radical (unpaired) electrons. The van der Waals surface area contributed by atoms with Crippen LogP contribution < -0.4 is 15.6 Å². The second-order valence-corrected chi connectivity index (χ2v) is 7.37. The lowest BCUT2D eigenvalue weighted by Gasteiger charge is -2.13. The molecule has 0 aliphatic heterocycles. The molecule has 0 spiro atoms. The molecular formula is C23H22ClN3O5. The van der Waals surface area contributed by atoms with Crippen molar-refractivity contribution in [3.05, 3.63) is 80.7 Å². The number of rotatable bonds is 7. The zero-order chi connectivity index (χ0) is 23.3. The molecule has 0 bridgehead atoms. The molecule has 0 unspecified atom stereocenters. The van der Waals surface area contributed by atoms with Crippen LogP contribution in [0.25, 0.3) is 5.69 Å². The number of hydrogen-bond donors (Lipinski definition) is 1. The van der Waals surface area contributed by atoms with Gasteiger partial charge in [0.25, 0.3) is 11.5 Å². The predicted molar refractivity (Wildman–Crippen MR) is 121 cm³/mol. The van der Waals surface area contributed by atoms with E-state index in [0.29, 0.717) is 16.4 Å². The van der Waals surface area contributed by atoms with Gasteiger partial charge in [-0.25, -0.2) is 4.79 Å². The number of nitrogens with zero attached hydrogens (tertiary/aromatic N) is 2. The standard InChI is InChI=1S/C23H22ClN3O5/c1-4-31-23(30)22-19(12-21(29)27(26-22)17-9-5-14(2)6-10-17)32-13-20(28)25-16-8-7-15(3)18(24)11-16/h5-12H,4,13H2,1-3H3,(H,25,28). The van der Waals surface area contributed by atoms with Crippen LogP contribution in [0.2, 0.25) is 5.02 Å². The highest BCUT2D eigenvalue weighted by molar-refractivity contribution is 6.31. The number of halogens is 1. The molecule has 1 heterocycles. The minimum absolute atomic E-state index is 0.109. The summed E-state index contributed by atoms with van der Waals surface area (Å²) < 4.78 is 11.6. The van der Waals surface area contributed by atoms with E-state index >= 15 is 0 Å². The van der Waals surface area contributed by atoms with Gasteiger partial charge < -0.3 is 14.8 Å². The van der Waals surface area contributed by atoms with Crippen LogP contribution in [0.1, 0.15) is 28.5 Å². The van der Waals surface area contributed by atoms with Gasteiger partial charge in [-0.3, -0.25) is 9.59 Å². The van der Waals surface area contributed by atoms with Gasteiger partial charge in [0.15, 0.2) is 12.4 Å². The van der Waals surface area contributed by atoms with Gasteiger partial charge in [-0.1, -0.05) is 35.4 Å². The number of carbonyl (C=O) groups excluding carboxylic acids is 2. The number of aryl methyl sites for hydroxylation is 2. The molecule has 0 saturated heterocycles. The quantitative estimate of drug-likeness (QED) is 0.545. The average Bonchev–Trinajstić information content (AvgIpc) is 2.76. The lowest BCUT2D eigenvalue weighted by Crippen LogP contribution is -2.27. The van der Waals surface area contributed by atoms with Crippen molar-refractivity contribution in [1.82, 2.24) is 9.78 Å². The van der Waals surface area contributed by atoms with E-state index < -0.39 is 24.0 Å². The maximum Gasteiger partial charge on any atom is 0.362 e. The molecule has 3 rings (SSSR count). The zero-order valence-corrected chi connectivity index (χ0v) is 18.6. The topological polar surface area (TPSA) is 99.5 Å². The number of aromatic nitrogens is 2. The number of carbonyl (C=O) groups is 2. The summed E-state index contributed by atoms with van der Waals surface area (Å²) in [5, 5.41) is 7.28. The molecule has 1 aromatic heterocycles. The highest BCUT2D eigenvalue weighted by Crippen LogP contribution is 2.20. The van der Waals surface area contributed by atoms with E-state index in [1.54, 1.807) is 37.3 Å². The number of esters is 1. The summed E-state index contributed by atoms with van der Waals surface area (Å²) in [6.45, 7) is 5.07. The second kappa shape index (κ2) is 10.1. The number of amides is 1. The third-order valence-corrected chi connectivity index (χ3v) is 4.87. The molecule has 0 atom stereocenters. The Kier molecular flexibility index (Phi) is 7.27. The number of ether oxygens (including phenoxy) is 2. The van der Waals surface area contributed by atoms with Crippen molar-refractivity contribution in [2.75, 3.05) is 18.5 Å². The SMILES string of the molecule is CCOC(=O)c1nn(-c2ccc(C)cc2)c(=O)cc1OCC(=O)Nc1ccc(C)c(Cl)c1. The molecular weight excluding hydrogens is 434 g/mol. The summed E-state index contributed by atoms with van der Waals surface area (Å²) >= 11 is 6.07. The van der Waals surface area contributed by atoms with Crippen LogP contribution in [0.15, 0.2) is 53.3 Å². The Bertz CT molecular complexity index is 1210. The summed E-state index contributed by atoms with van der Waals surface area (Å²) in [7, 11) is 0. The molecule has 0 fully saturated rings. The Morgan fingerprint density at radius 3 is 2.47 bits per heavy atom. The fourth-order valence-electron chi connectivity index (χ4n) is 2.77. The van der Waals surface area contributed by atoms with Crippen molar-refractivity contribution in [2.45, 2.75) is 20.8 Å². The summed E-state index contributed by atoms with van der Waals surface area (Å²) in [6.07, 6.45) is 0. The van der Waals surface area contributed by atoms with Crippen LogP contribution in [-0.2, 0) is 9.53 Å². The number of hydrogen-bond acceptors (Lipinski definition) is 6. The lowest BCUT2D eigenvalue weighted by atomic mass is 10.2. The van der Waals surface area contributed by atoms with Gasteiger partial charge in [0, 0.05) is 10.7 Å². The van der Waals surface area contributed by atoms with Gasteiger partial charge in [-0.15, -0.1) is 0 Å². The Morgan fingerprint density at radius 2 is 1.81 bits per heavy atom. The third kappa shape index (κ3) is 5.53. The first-order valence-corrected chi connectivity index (χ1v) is 10.2. The predicted octanol–water partition coefficient (Wildman–Crippen LogP) is 3.70. The molecule has 8 nitrogen and oxygen atoms in total. The Labute approximate surface area is 189 Å². The highest BCUT2D eigenvalue weighted by atomic mass is 35.5. The fourth-order valence-corrected chi connectivity index (χ4v) is 2.95. The van der Waals surface area contributed by atoms with E-state index in [1.165, 1.54) is 0 Å². The number of anilines is 1. The number of nitrogens with one attached hydrogen (secondary N) is 1. The molecule has 1 amide bonds. The summed E-state index contributed by atoms with van der Waals surface area (Å²) in [5.74, 6) is -1.41. The average molecular weight is 456 g/mol. The van der Waals surface area contributed by atoms with Crippen LogP contribution in [0.5, 0.6) is 5.75 Å². The highest BCUT2D eigenvalue weighted by Gasteiger charge is 2.20. The Balaban J connectivity index is 1.84. The summed E-state index contributed by atoms with van der Waals surface area (Å²) in [4.78, 5) is 37.3. The zero-order valence-electron chi connectivity index (χ0n) is 17.8. The monoisotopic (exact) mass is 455 g/mol. The van der Waals surface area contributed by atoms with E-state index in [2.05, 4.69) is 10.4 Å². The molecule has 3 aromatic rings. The molecule has 2 aromatic carbocycles. The van der Waals surface area contributed by atoms with Crippen LogP contribution in [0.3, 0.4) is 0 Å². The van der Waals surface area contributed by atoms with Gasteiger partial charge in [0.1, 0.15) is 0 Å². The summed E-state index contributed by atoms with van der Waals surface area (Å²) in [6, 6.07) is 13.2. The fraction of sp³-hybridized carbons (Fsp3) is 0.217. The normalized spacial score (nSPS) is 10.5. The summed E-state index contributed by atoms with van der Waals surface area (Å²) in [5.41, 5.74) is 2.12. The Morgan fingerprint density at radius 1 is 1.09 bits per heavy atom. The Hall–Kier alpha value is -3.65. The van der Waals surface area contributed by atoms with E-state index in [9.17, 15) is 14.4 Å². The van der Waals surface area contributed by atoms with Crippen molar-refractivity contribution >= 4 is 29.2 Å². The minimum atomic E-state index is -0.769. The van der Waals surface area contributed by atoms with Crippen molar-refractivity contribution in [3.63, 3.8) is 0 Å². The van der Waals surface area contributed by atoms with Crippen molar-refractivity contribution < 1.29 is 19.1 Å². The smallest absolute Gasteiger partial charge is 0.362 e. The van der Waals surface area contributed by atoms with Gasteiger partial charge in [0.2, 0.25) is 5.69 Å². The van der Waals surface area contributed by atoms with E-state index in [0.717, 1.165) is 21.9 Å². The molecule has 9 heteroatoms. The first-order chi connectivity index (χ1) is 15.3.